The van der Waals surface area contributed by atoms with Gasteiger partial charge in [-0.3, -0.25) is 0 Å². The van der Waals surface area contributed by atoms with Crippen LogP contribution in [0.15, 0.2) is 48.5 Å². The van der Waals surface area contributed by atoms with Crippen LogP contribution in [0.1, 0.15) is 11.1 Å². The summed E-state index contributed by atoms with van der Waals surface area (Å²) in [5, 5.41) is 0. The van der Waals surface area contributed by atoms with Crippen molar-refractivity contribution < 1.29 is 31.1 Å². The number of alkyl halides is 6. The highest BCUT2D eigenvalue weighted by Crippen LogP contribution is 2.33. The molecule has 2 rings (SSSR count). The third-order valence-corrected chi connectivity index (χ3v) is 2.60. The molecule has 0 fully saturated rings. The summed E-state index contributed by atoms with van der Waals surface area (Å²) in [5.41, 5.74) is -1.66. The minimum atomic E-state index is -4.45. The van der Waals surface area contributed by atoms with Crippen LogP contribution in [0, 0.1) is 0 Å². The van der Waals surface area contributed by atoms with Gasteiger partial charge in [0, 0.05) is 0 Å². The van der Waals surface area contributed by atoms with Crippen LogP contribution in [0.4, 0.5) is 26.3 Å². The molecule has 0 aromatic heterocycles. The largest absolute Gasteiger partial charge is 0.457 e. The van der Waals surface area contributed by atoms with E-state index in [0.29, 0.717) is 0 Å². The van der Waals surface area contributed by atoms with E-state index in [-0.39, 0.29) is 21.4 Å². The Morgan fingerprint density at radius 3 is 1.05 bits per heavy atom. The smallest absolute Gasteiger partial charge is 0.416 e. The number of halogens is 6. The fourth-order valence-corrected chi connectivity index (χ4v) is 1.56. The van der Waals surface area contributed by atoms with Gasteiger partial charge in [0.15, 0.2) is 0 Å². The first-order chi connectivity index (χ1) is 9.66. The van der Waals surface area contributed by atoms with Crippen molar-refractivity contribution in [3.05, 3.63) is 59.7 Å². The highest BCUT2D eigenvalue weighted by atomic mass is 31.0. The van der Waals surface area contributed by atoms with E-state index >= 15 is 0 Å². The van der Waals surface area contributed by atoms with Gasteiger partial charge in [-0.1, -0.05) is 0 Å². The number of ether oxygens (including phenoxy) is 1. The Kier molecular flexibility index (Phi) is 5.46. The molecule has 0 saturated heterocycles. The van der Waals surface area contributed by atoms with E-state index < -0.39 is 23.5 Å². The molecule has 0 heterocycles. The average Bonchev–Trinajstić information content (AvgIpc) is 2.38. The van der Waals surface area contributed by atoms with Crippen molar-refractivity contribution in [3.63, 3.8) is 0 Å². The lowest BCUT2D eigenvalue weighted by molar-refractivity contribution is -0.138. The molecule has 8 heteroatoms. The minimum absolute atomic E-state index is 0. The number of hydrogen-bond donors (Lipinski definition) is 0. The summed E-state index contributed by atoms with van der Waals surface area (Å²) in [6, 6.07) is 7.72. The number of hydrogen-bond acceptors (Lipinski definition) is 1. The molecule has 0 N–H and O–H groups in total. The van der Waals surface area contributed by atoms with Crippen LogP contribution in [0.5, 0.6) is 11.5 Å². The summed E-state index contributed by atoms with van der Waals surface area (Å²) < 4.78 is 79.3. The maximum absolute atomic E-state index is 12.4. The van der Waals surface area contributed by atoms with Crippen molar-refractivity contribution in [1.29, 1.82) is 0 Å². The van der Waals surface area contributed by atoms with Crippen molar-refractivity contribution in [2.45, 2.75) is 12.4 Å². The van der Waals surface area contributed by atoms with Gasteiger partial charge in [0.05, 0.1) is 11.1 Å². The van der Waals surface area contributed by atoms with Crippen molar-refractivity contribution in [3.8, 4) is 11.5 Å². The average molecular weight is 340 g/mol. The van der Waals surface area contributed by atoms with E-state index in [1.54, 1.807) is 0 Å². The summed E-state index contributed by atoms with van der Waals surface area (Å²) in [6.07, 6.45) is -8.90. The third kappa shape index (κ3) is 4.63. The van der Waals surface area contributed by atoms with Crippen molar-refractivity contribution >= 4 is 9.90 Å². The maximum Gasteiger partial charge on any atom is 0.416 e. The van der Waals surface area contributed by atoms with Crippen molar-refractivity contribution in [2.24, 2.45) is 0 Å². The van der Waals surface area contributed by atoms with Crippen LogP contribution in [0.2, 0.25) is 0 Å². The second-order valence-electron chi connectivity index (χ2n) is 4.15. The van der Waals surface area contributed by atoms with E-state index in [1.807, 2.05) is 0 Å². The molecule has 1 unspecified atom stereocenters. The van der Waals surface area contributed by atoms with Crippen LogP contribution in [0.25, 0.3) is 0 Å². The van der Waals surface area contributed by atoms with Gasteiger partial charge in [0.1, 0.15) is 11.5 Å². The van der Waals surface area contributed by atoms with Gasteiger partial charge in [0.25, 0.3) is 0 Å². The van der Waals surface area contributed by atoms with Crippen molar-refractivity contribution in [1.82, 2.24) is 0 Å². The standard InChI is InChI=1S/C14H8F6O.H3P/c15-13(16,17)9-1-5-11(6-2-9)21-12-7-3-10(4-8-12)14(18,19)20;/h1-8H;1H3. The second-order valence-corrected chi connectivity index (χ2v) is 4.15. The molecule has 0 aliphatic heterocycles. The predicted octanol–water partition coefficient (Wildman–Crippen LogP) is 5.57. The van der Waals surface area contributed by atoms with Gasteiger partial charge in [-0.2, -0.15) is 36.2 Å². The Bertz CT molecular complexity index is 546. The monoisotopic (exact) mass is 340 g/mol. The molecule has 0 amide bonds. The third-order valence-electron chi connectivity index (χ3n) is 2.60. The molecular formula is C14H11F6OP. The molecule has 0 spiro atoms. The summed E-state index contributed by atoms with van der Waals surface area (Å²) in [4.78, 5) is 0. The first-order valence-electron chi connectivity index (χ1n) is 5.68. The molecule has 0 aliphatic carbocycles. The maximum atomic E-state index is 12.4. The molecular weight excluding hydrogens is 329 g/mol. The quantitative estimate of drug-likeness (QED) is 0.513. The Labute approximate surface area is 125 Å². The zero-order valence-electron chi connectivity index (χ0n) is 11.0. The van der Waals surface area contributed by atoms with Gasteiger partial charge in [-0.15, -0.1) is 0 Å². The van der Waals surface area contributed by atoms with E-state index in [9.17, 15) is 26.3 Å². The van der Waals surface area contributed by atoms with Crippen LogP contribution in [-0.2, 0) is 12.4 Å². The Morgan fingerprint density at radius 2 is 0.818 bits per heavy atom. The van der Waals surface area contributed by atoms with Crippen LogP contribution in [0.3, 0.4) is 0 Å². The summed E-state index contributed by atoms with van der Waals surface area (Å²) in [5.74, 6) is 0.200. The Hall–Kier alpha value is -1.75. The fraction of sp³-hybridized carbons (Fsp3) is 0.143. The summed E-state index contributed by atoms with van der Waals surface area (Å²) >= 11 is 0. The van der Waals surface area contributed by atoms with Crippen LogP contribution >= 0.6 is 9.90 Å². The van der Waals surface area contributed by atoms with Gasteiger partial charge in [-0.25, -0.2) is 0 Å². The van der Waals surface area contributed by atoms with E-state index in [4.69, 9.17) is 4.74 Å². The molecule has 2 aromatic rings. The molecule has 22 heavy (non-hydrogen) atoms. The van der Waals surface area contributed by atoms with Gasteiger partial charge in [0.2, 0.25) is 0 Å². The predicted molar refractivity (Wildman–Crippen MR) is 74.1 cm³/mol. The fourth-order valence-electron chi connectivity index (χ4n) is 1.56. The van der Waals surface area contributed by atoms with E-state index in [1.165, 1.54) is 0 Å². The minimum Gasteiger partial charge on any atom is -0.457 e. The Morgan fingerprint density at radius 1 is 0.545 bits per heavy atom. The van der Waals surface area contributed by atoms with E-state index in [0.717, 1.165) is 48.5 Å². The molecule has 0 bridgehead atoms. The normalized spacial score (nSPS) is 11.7. The van der Waals surface area contributed by atoms with Crippen LogP contribution < -0.4 is 4.74 Å². The lowest BCUT2D eigenvalue weighted by Crippen LogP contribution is -2.04. The molecule has 0 saturated carbocycles. The first kappa shape index (κ1) is 18.3. The second kappa shape index (κ2) is 6.57. The molecule has 1 nitrogen and oxygen atoms in total. The van der Waals surface area contributed by atoms with Gasteiger partial charge >= 0.3 is 12.4 Å². The highest BCUT2D eigenvalue weighted by molar-refractivity contribution is 6.92. The molecule has 2 aromatic carbocycles. The molecule has 120 valence electrons. The number of rotatable bonds is 2. The first-order valence-corrected chi connectivity index (χ1v) is 5.68. The molecule has 0 aliphatic rings. The summed E-state index contributed by atoms with van der Waals surface area (Å²) in [7, 11) is 0. The van der Waals surface area contributed by atoms with Crippen LogP contribution in [-0.4, -0.2) is 0 Å². The molecule has 0 radical (unpaired) electrons. The zero-order valence-corrected chi connectivity index (χ0v) is 12.4. The lowest BCUT2D eigenvalue weighted by atomic mass is 10.2. The zero-order chi connectivity index (χ0) is 15.7. The topological polar surface area (TPSA) is 9.23 Å². The summed E-state index contributed by atoms with van der Waals surface area (Å²) in [6.45, 7) is 0. The lowest BCUT2D eigenvalue weighted by Gasteiger charge is -2.10. The Balaban J connectivity index is 0.00000242. The van der Waals surface area contributed by atoms with Gasteiger partial charge < -0.3 is 4.74 Å². The highest BCUT2D eigenvalue weighted by Gasteiger charge is 2.31. The SMILES string of the molecule is FC(F)(F)c1ccc(Oc2ccc(C(F)(F)F)cc2)cc1.P. The van der Waals surface area contributed by atoms with Crippen molar-refractivity contribution in [2.75, 3.05) is 0 Å². The van der Waals surface area contributed by atoms with E-state index in [2.05, 4.69) is 0 Å². The molecule has 1 atom stereocenters. The van der Waals surface area contributed by atoms with Gasteiger partial charge in [-0.05, 0) is 48.5 Å². The number of benzene rings is 2.